The van der Waals surface area contributed by atoms with Gasteiger partial charge in [0.15, 0.2) is 16.7 Å². The van der Waals surface area contributed by atoms with Gasteiger partial charge in [-0.05, 0) is 36.2 Å². The van der Waals surface area contributed by atoms with Gasteiger partial charge in [-0.2, -0.15) is 0 Å². The molecule has 1 fully saturated rings. The third kappa shape index (κ3) is 4.76. The van der Waals surface area contributed by atoms with E-state index in [2.05, 4.69) is 33.4 Å². The van der Waals surface area contributed by atoms with Gasteiger partial charge >= 0.3 is 0 Å². The highest BCUT2D eigenvalue weighted by atomic mass is 32.2. The van der Waals surface area contributed by atoms with E-state index in [9.17, 15) is 4.79 Å². The number of para-hydroxylation sites is 1. The van der Waals surface area contributed by atoms with Crippen LogP contribution in [0.4, 0.5) is 5.95 Å². The number of fused-ring (bicyclic) bond motifs is 1. The van der Waals surface area contributed by atoms with E-state index in [0.29, 0.717) is 30.7 Å². The Labute approximate surface area is 196 Å². The third-order valence-electron chi connectivity index (χ3n) is 5.53. The van der Waals surface area contributed by atoms with Crippen LogP contribution in [0.15, 0.2) is 47.6 Å². The molecule has 0 unspecified atom stereocenters. The molecule has 1 N–H and O–H groups in total. The molecule has 0 saturated carbocycles. The highest BCUT2D eigenvalue weighted by Gasteiger charge is 2.23. The lowest BCUT2D eigenvalue weighted by Gasteiger charge is -2.28. The zero-order valence-corrected chi connectivity index (χ0v) is 19.1. The van der Waals surface area contributed by atoms with Crippen LogP contribution in [-0.4, -0.2) is 59.5 Å². The van der Waals surface area contributed by atoms with Crippen molar-refractivity contribution in [1.82, 2.24) is 20.1 Å². The number of hydrogen-bond donors (Lipinski definition) is 1. The topological polar surface area (TPSA) is 90.7 Å². The van der Waals surface area contributed by atoms with Gasteiger partial charge in [-0.1, -0.05) is 36.0 Å². The number of benzene rings is 2. The second kappa shape index (κ2) is 9.72. The van der Waals surface area contributed by atoms with E-state index >= 15 is 0 Å². The molecule has 1 saturated heterocycles. The average Bonchev–Trinajstić information content (AvgIpc) is 3.49. The Morgan fingerprint density at radius 2 is 1.91 bits per heavy atom. The lowest BCUT2D eigenvalue weighted by Crippen LogP contribution is -2.38. The van der Waals surface area contributed by atoms with Crippen LogP contribution in [0.1, 0.15) is 11.1 Å². The number of ether oxygens (including phenoxy) is 3. The highest BCUT2D eigenvalue weighted by molar-refractivity contribution is 7.99. The van der Waals surface area contributed by atoms with E-state index in [-0.39, 0.29) is 18.5 Å². The van der Waals surface area contributed by atoms with Crippen LogP contribution in [-0.2, 0) is 16.1 Å². The summed E-state index contributed by atoms with van der Waals surface area (Å²) >= 11 is 1.37. The molecule has 172 valence electrons. The third-order valence-corrected chi connectivity index (χ3v) is 6.45. The summed E-state index contributed by atoms with van der Waals surface area (Å²) < 4.78 is 18.3. The van der Waals surface area contributed by atoms with Crippen LogP contribution >= 0.6 is 11.8 Å². The number of nitrogens with zero attached hydrogens (tertiary/aromatic N) is 4. The van der Waals surface area contributed by atoms with Gasteiger partial charge in [0, 0.05) is 19.6 Å². The van der Waals surface area contributed by atoms with E-state index in [0.717, 1.165) is 41.6 Å². The molecular weight excluding hydrogens is 442 g/mol. The summed E-state index contributed by atoms with van der Waals surface area (Å²) in [5.74, 6) is 2.36. The Morgan fingerprint density at radius 1 is 1.09 bits per heavy atom. The summed E-state index contributed by atoms with van der Waals surface area (Å²) in [7, 11) is 0. The first-order chi connectivity index (χ1) is 16.2. The van der Waals surface area contributed by atoms with Crippen molar-refractivity contribution >= 4 is 23.6 Å². The Kier molecular flexibility index (Phi) is 6.36. The van der Waals surface area contributed by atoms with Crippen molar-refractivity contribution in [2.24, 2.45) is 0 Å². The number of thioether (sulfide) groups is 1. The van der Waals surface area contributed by atoms with E-state index in [1.807, 2.05) is 41.0 Å². The fourth-order valence-corrected chi connectivity index (χ4v) is 4.55. The monoisotopic (exact) mass is 467 g/mol. The smallest absolute Gasteiger partial charge is 0.232 e. The molecule has 2 aliphatic heterocycles. The molecule has 10 heteroatoms. The fraction of sp³-hybridized carbons (Fsp3) is 0.348. The quantitative estimate of drug-likeness (QED) is 0.530. The molecule has 0 radical (unpaired) electrons. The molecule has 2 aliphatic rings. The zero-order chi connectivity index (χ0) is 22.6. The van der Waals surface area contributed by atoms with Crippen LogP contribution < -0.4 is 19.7 Å². The zero-order valence-electron chi connectivity index (χ0n) is 18.3. The van der Waals surface area contributed by atoms with Crippen molar-refractivity contribution in [3.63, 3.8) is 0 Å². The van der Waals surface area contributed by atoms with Crippen LogP contribution in [0.5, 0.6) is 11.5 Å². The Morgan fingerprint density at radius 3 is 2.76 bits per heavy atom. The van der Waals surface area contributed by atoms with Crippen LogP contribution in [0.3, 0.4) is 0 Å². The Balaban J connectivity index is 1.28. The molecule has 0 spiro atoms. The molecule has 3 heterocycles. The second-order valence-electron chi connectivity index (χ2n) is 7.76. The highest BCUT2D eigenvalue weighted by Crippen LogP contribution is 2.32. The molecule has 33 heavy (non-hydrogen) atoms. The number of hydrogen-bond acceptors (Lipinski definition) is 8. The minimum absolute atomic E-state index is 0.0788. The molecule has 5 rings (SSSR count). The van der Waals surface area contributed by atoms with Gasteiger partial charge in [-0.15, -0.1) is 10.2 Å². The van der Waals surface area contributed by atoms with E-state index < -0.39 is 0 Å². The molecule has 1 aromatic heterocycles. The van der Waals surface area contributed by atoms with Crippen molar-refractivity contribution < 1.29 is 19.0 Å². The molecule has 3 aromatic rings. The van der Waals surface area contributed by atoms with Crippen LogP contribution in [0.25, 0.3) is 5.69 Å². The number of amides is 1. The SMILES string of the molecule is Cc1ccccc1-n1c(SCC(=O)NCc2ccc3c(c2)OCO3)nnc1N1CCOCC1. The molecule has 0 aliphatic carbocycles. The molecule has 0 bridgehead atoms. The Hall–Kier alpha value is -3.24. The van der Waals surface area contributed by atoms with Gasteiger partial charge in [0.25, 0.3) is 0 Å². The average molecular weight is 468 g/mol. The summed E-state index contributed by atoms with van der Waals surface area (Å²) in [6.07, 6.45) is 0. The molecular formula is C23H25N5O4S. The lowest BCUT2D eigenvalue weighted by atomic mass is 10.2. The van der Waals surface area contributed by atoms with Crippen molar-refractivity contribution in [1.29, 1.82) is 0 Å². The van der Waals surface area contributed by atoms with Gasteiger partial charge < -0.3 is 24.4 Å². The number of nitrogens with one attached hydrogen (secondary N) is 1. The number of carbonyl (C=O) groups excluding carboxylic acids is 1. The minimum atomic E-state index is -0.0788. The van der Waals surface area contributed by atoms with Crippen molar-refractivity contribution in [3.05, 3.63) is 53.6 Å². The van der Waals surface area contributed by atoms with Gasteiger partial charge in [0.1, 0.15) is 0 Å². The number of aryl methyl sites for hydroxylation is 1. The number of aromatic nitrogens is 3. The standard InChI is InChI=1S/C23H25N5O4S/c1-16-4-2-3-5-18(16)28-22(27-8-10-30-11-9-27)25-26-23(28)33-14-21(29)24-13-17-6-7-19-20(12-17)32-15-31-19/h2-7,12H,8-11,13-15H2,1H3,(H,24,29). The lowest BCUT2D eigenvalue weighted by molar-refractivity contribution is -0.118. The predicted octanol–water partition coefficient (Wildman–Crippen LogP) is 2.55. The van der Waals surface area contributed by atoms with E-state index in [1.165, 1.54) is 11.8 Å². The molecule has 0 atom stereocenters. The molecule has 2 aromatic carbocycles. The fourth-order valence-electron chi connectivity index (χ4n) is 3.78. The second-order valence-corrected chi connectivity index (χ2v) is 8.70. The first kappa shape index (κ1) is 21.6. The maximum absolute atomic E-state index is 12.6. The van der Waals surface area contributed by atoms with Gasteiger partial charge in [0.2, 0.25) is 18.6 Å². The summed E-state index contributed by atoms with van der Waals surface area (Å²) in [6.45, 7) is 5.53. The summed E-state index contributed by atoms with van der Waals surface area (Å²) in [4.78, 5) is 14.7. The summed E-state index contributed by atoms with van der Waals surface area (Å²) in [6, 6.07) is 13.8. The van der Waals surface area contributed by atoms with Crippen LogP contribution in [0.2, 0.25) is 0 Å². The number of rotatable bonds is 7. The van der Waals surface area contributed by atoms with Gasteiger partial charge in [-0.3, -0.25) is 9.36 Å². The van der Waals surface area contributed by atoms with Crippen molar-refractivity contribution in [2.45, 2.75) is 18.6 Å². The minimum Gasteiger partial charge on any atom is -0.454 e. The molecule has 1 amide bonds. The van der Waals surface area contributed by atoms with Gasteiger partial charge in [0.05, 0.1) is 24.7 Å². The van der Waals surface area contributed by atoms with Crippen LogP contribution in [0, 0.1) is 6.92 Å². The molecule has 9 nitrogen and oxygen atoms in total. The normalized spacial score (nSPS) is 15.0. The van der Waals surface area contributed by atoms with Gasteiger partial charge in [-0.25, -0.2) is 0 Å². The number of anilines is 1. The first-order valence-electron chi connectivity index (χ1n) is 10.8. The maximum Gasteiger partial charge on any atom is 0.232 e. The summed E-state index contributed by atoms with van der Waals surface area (Å²) in [5, 5.41) is 12.5. The number of carbonyl (C=O) groups is 1. The van der Waals surface area contributed by atoms with Crippen molar-refractivity contribution in [3.8, 4) is 17.2 Å². The van der Waals surface area contributed by atoms with Crippen molar-refractivity contribution in [2.75, 3.05) is 43.7 Å². The maximum atomic E-state index is 12.6. The van der Waals surface area contributed by atoms with E-state index in [1.54, 1.807) is 0 Å². The predicted molar refractivity (Wildman–Crippen MR) is 124 cm³/mol. The Bertz CT molecular complexity index is 1150. The first-order valence-corrected chi connectivity index (χ1v) is 11.8. The van der Waals surface area contributed by atoms with E-state index in [4.69, 9.17) is 14.2 Å². The summed E-state index contributed by atoms with van der Waals surface area (Å²) in [5.41, 5.74) is 3.07. The number of morpholine rings is 1. The largest absolute Gasteiger partial charge is 0.454 e.